The molecule has 0 aliphatic carbocycles. The van der Waals surface area contributed by atoms with Gasteiger partial charge < -0.3 is 4.90 Å². The minimum Gasteiger partial charge on any atom is -0.336 e. The minimum atomic E-state index is -0.194. The monoisotopic (exact) mass is 447 g/mol. The van der Waals surface area contributed by atoms with E-state index in [2.05, 4.69) is 21.0 Å². The lowest BCUT2D eigenvalue weighted by molar-refractivity contribution is 0.0629. The molecule has 1 aromatic carbocycles. The normalized spacial score (nSPS) is 14.6. The summed E-state index contributed by atoms with van der Waals surface area (Å²) in [7, 11) is 0. The van der Waals surface area contributed by atoms with Gasteiger partial charge in [0.05, 0.1) is 5.56 Å². The zero-order chi connectivity index (χ0) is 21.9. The molecular formula is C24H22FN5OS. The van der Waals surface area contributed by atoms with E-state index in [1.165, 1.54) is 10.9 Å². The van der Waals surface area contributed by atoms with E-state index < -0.39 is 0 Å². The number of hydrogen-bond acceptors (Lipinski definition) is 5. The van der Waals surface area contributed by atoms with Crippen molar-refractivity contribution >= 4 is 17.2 Å². The van der Waals surface area contributed by atoms with Crippen LogP contribution in [-0.2, 0) is 6.54 Å². The molecule has 1 amide bonds. The summed E-state index contributed by atoms with van der Waals surface area (Å²) < 4.78 is 15.7. The van der Waals surface area contributed by atoms with Gasteiger partial charge in [-0.2, -0.15) is 5.10 Å². The van der Waals surface area contributed by atoms with Gasteiger partial charge in [-0.15, -0.1) is 11.3 Å². The first kappa shape index (κ1) is 20.5. The highest BCUT2D eigenvalue weighted by atomic mass is 32.1. The number of piperazine rings is 1. The Bertz CT molecular complexity index is 1200. The summed E-state index contributed by atoms with van der Waals surface area (Å²) in [6.45, 7) is 3.76. The molecule has 0 unspecified atom stereocenters. The van der Waals surface area contributed by atoms with E-state index in [1.54, 1.807) is 46.6 Å². The minimum absolute atomic E-state index is 0.00197. The number of hydrogen-bond donors (Lipinski definition) is 0. The number of amides is 1. The van der Waals surface area contributed by atoms with Crippen LogP contribution in [0.3, 0.4) is 0 Å². The van der Waals surface area contributed by atoms with E-state index in [0.29, 0.717) is 30.0 Å². The van der Waals surface area contributed by atoms with Crippen molar-refractivity contribution in [3.8, 4) is 16.3 Å². The van der Waals surface area contributed by atoms with Crippen LogP contribution in [0.1, 0.15) is 15.2 Å². The molecular weight excluding hydrogens is 425 g/mol. The van der Waals surface area contributed by atoms with Crippen molar-refractivity contribution in [3.63, 3.8) is 0 Å². The first-order valence-electron chi connectivity index (χ1n) is 10.5. The van der Waals surface area contributed by atoms with Crippen LogP contribution in [0.25, 0.3) is 16.3 Å². The SMILES string of the molecule is O=C(c1ccc(-n2cccn2)nc1)N1CCN(Cc2ccc(-c3ccccc3F)s2)CC1. The molecule has 32 heavy (non-hydrogen) atoms. The van der Waals surface area contributed by atoms with Crippen molar-refractivity contribution in [1.29, 1.82) is 0 Å². The topological polar surface area (TPSA) is 54.3 Å². The van der Waals surface area contributed by atoms with E-state index in [4.69, 9.17) is 0 Å². The van der Waals surface area contributed by atoms with Crippen LogP contribution in [0.15, 0.2) is 73.2 Å². The summed E-state index contributed by atoms with van der Waals surface area (Å²) in [6, 6.07) is 16.4. The fraction of sp³-hybridized carbons (Fsp3) is 0.208. The lowest BCUT2D eigenvalue weighted by atomic mass is 10.2. The molecule has 162 valence electrons. The van der Waals surface area contributed by atoms with E-state index in [0.717, 1.165) is 24.5 Å². The summed E-state index contributed by atoms with van der Waals surface area (Å²) in [5.41, 5.74) is 1.23. The molecule has 5 rings (SSSR count). The average molecular weight is 448 g/mol. The lowest BCUT2D eigenvalue weighted by Crippen LogP contribution is -2.48. The molecule has 4 heterocycles. The molecule has 1 aliphatic rings. The number of pyridine rings is 1. The first-order chi connectivity index (χ1) is 15.7. The summed E-state index contributed by atoms with van der Waals surface area (Å²) in [5, 5.41) is 4.15. The molecule has 0 spiro atoms. The number of benzene rings is 1. The summed E-state index contributed by atoms with van der Waals surface area (Å²) in [5.74, 6) is 0.490. The summed E-state index contributed by atoms with van der Waals surface area (Å²) in [6.07, 6.45) is 5.12. The Labute approximate surface area is 189 Å². The zero-order valence-corrected chi connectivity index (χ0v) is 18.2. The van der Waals surface area contributed by atoms with Crippen molar-refractivity contribution in [1.82, 2.24) is 24.6 Å². The standard InChI is InChI=1S/C24H22FN5OS/c25-21-5-2-1-4-20(21)22-8-7-19(32-22)17-28-12-14-29(15-13-28)24(31)18-6-9-23(26-16-18)30-11-3-10-27-30/h1-11,16H,12-15,17H2. The maximum Gasteiger partial charge on any atom is 0.255 e. The Balaban J connectivity index is 1.17. The van der Waals surface area contributed by atoms with Crippen LogP contribution in [0.4, 0.5) is 4.39 Å². The van der Waals surface area contributed by atoms with Crippen molar-refractivity contribution < 1.29 is 9.18 Å². The molecule has 3 aromatic heterocycles. The molecule has 4 aromatic rings. The Hall–Kier alpha value is -3.36. The van der Waals surface area contributed by atoms with Crippen LogP contribution in [0.5, 0.6) is 0 Å². The molecule has 0 saturated carbocycles. The molecule has 0 atom stereocenters. The highest BCUT2D eigenvalue weighted by Crippen LogP contribution is 2.30. The van der Waals surface area contributed by atoms with Gasteiger partial charge in [0.1, 0.15) is 5.82 Å². The van der Waals surface area contributed by atoms with Gasteiger partial charge in [0.25, 0.3) is 5.91 Å². The number of carbonyl (C=O) groups excluding carboxylic acids is 1. The number of rotatable bonds is 5. The number of aromatic nitrogens is 3. The predicted molar refractivity (Wildman–Crippen MR) is 122 cm³/mol. The molecule has 6 nitrogen and oxygen atoms in total. The first-order valence-corrected chi connectivity index (χ1v) is 11.3. The maximum absolute atomic E-state index is 14.0. The fourth-order valence-corrected chi connectivity index (χ4v) is 4.91. The van der Waals surface area contributed by atoms with Crippen LogP contribution in [0, 0.1) is 5.82 Å². The number of halogens is 1. The van der Waals surface area contributed by atoms with Crippen LogP contribution in [-0.4, -0.2) is 56.7 Å². The van der Waals surface area contributed by atoms with Gasteiger partial charge in [-0.3, -0.25) is 9.69 Å². The van der Waals surface area contributed by atoms with Gasteiger partial charge in [0.2, 0.25) is 0 Å². The van der Waals surface area contributed by atoms with E-state index >= 15 is 0 Å². The second kappa shape index (κ2) is 9.02. The van der Waals surface area contributed by atoms with Crippen LogP contribution < -0.4 is 0 Å². The van der Waals surface area contributed by atoms with Crippen molar-refractivity contribution in [2.24, 2.45) is 0 Å². The van der Waals surface area contributed by atoms with Gasteiger partial charge >= 0.3 is 0 Å². The number of thiophene rings is 1. The molecule has 1 aliphatic heterocycles. The van der Waals surface area contributed by atoms with Gasteiger partial charge in [-0.05, 0) is 36.4 Å². The average Bonchev–Trinajstić information content (AvgIpc) is 3.52. The van der Waals surface area contributed by atoms with Crippen molar-refractivity contribution in [2.75, 3.05) is 26.2 Å². The fourth-order valence-electron chi connectivity index (χ4n) is 3.83. The molecule has 0 bridgehead atoms. The summed E-state index contributed by atoms with van der Waals surface area (Å²) >= 11 is 1.62. The van der Waals surface area contributed by atoms with E-state index in [9.17, 15) is 9.18 Å². The van der Waals surface area contributed by atoms with Crippen LogP contribution in [0.2, 0.25) is 0 Å². The van der Waals surface area contributed by atoms with Gasteiger partial charge in [0.15, 0.2) is 5.82 Å². The Morgan fingerprint density at radius 2 is 1.84 bits per heavy atom. The van der Waals surface area contributed by atoms with E-state index in [1.807, 2.05) is 35.4 Å². The Kier molecular flexibility index (Phi) is 5.79. The smallest absolute Gasteiger partial charge is 0.255 e. The molecule has 1 fully saturated rings. The zero-order valence-electron chi connectivity index (χ0n) is 17.4. The quantitative estimate of drug-likeness (QED) is 0.462. The van der Waals surface area contributed by atoms with E-state index in [-0.39, 0.29) is 11.7 Å². The second-order valence-corrected chi connectivity index (χ2v) is 8.84. The van der Waals surface area contributed by atoms with Gasteiger partial charge in [-0.25, -0.2) is 14.1 Å². The van der Waals surface area contributed by atoms with Crippen molar-refractivity contribution in [2.45, 2.75) is 6.54 Å². The molecule has 0 radical (unpaired) electrons. The molecule has 0 N–H and O–H groups in total. The number of nitrogens with zero attached hydrogens (tertiary/aromatic N) is 5. The second-order valence-electron chi connectivity index (χ2n) is 7.67. The summed E-state index contributed by atoms with van der Waals surface area (Å²) in [4.78, 5) is 23.6. The highest BCUT2D eigenvalue weighted by molar-refractivity contribution is 7.15. The molecule has 1 saturated heterocycles. The predicted octanol–water partition coefficient (Wildman–Crippen LogP) is 4.09. The van der Waals surface area contributed by atoms with Crippen LogP contribution >= 0.6 is 11.3 Å². The third kappa shape index (κ3) is 4.32. The third-order valence-corrected chi connectivity index (χ3v) is 6.68. The van der Waals surface area contributed by atoms with Gasteiger partial charge in [0, 0.05) is 66.6 Å². The Morgan fingerprint density at radius 3 is 2.56 bits per heavy atom. The molecule has 8 heteroatoms. The Morgan fingerprint density at radius 1 is 1.00 bits per heavy atom. The highest BCUT2D eigenvalue weighted by Gasteiger charge is 2.23. The lowest BCUT2D eigenvalue weighted by Gasteiger charge is -2.34. The maximum atomic E-state index is 14.0. The van der Waals surface area contributed by atoms with Crippen molar-refractivity contribution in [3.05, 3.63) is 89.4 Å². The largest absolute Gasteiger partial charge is 0.336 e. The number of carbonyl (C=O) groups is 1. The third-order valence-electron chi connectivity index (χ3n) is 5.57. The van der Waals surface area contributed by atoms with Gasteiger partial charge in [-0.1, -0.05) is 18.2 Å².